The highest BCUT2D eigenvalue weighted by Gasteiger charge is 2.28. The molecule has 104 valence electrons. The van der Waals surface area contributed by atoms with Crippen LogP contribution in [0.2, 0.25) is 0 Å². The van der Waals surface area contributed by atoms with Crippen molar-refractivity contribution in [3.8, 4) is 0 Å². The molecule has 1 fully saturated rings. The van der Waals surface area contributed by atoms with E-state index in [1.165, 1.54) is 0 Å². The van der Waals surface area contributed by atoms with Crippen molar-refractivity contribution < 1.29 is 8.42 Å². The summed E-state index contributed by atoms with van der Waals surface area (Å²) in [6, 6.07) is 6.54. The Kier molecular flexibility index (Phi) is 4.23. The monoisotopic (exact) mass is 298 g/mol. The molecule has 2 N–H and O–H groups in total. The Morgan fingerprint density at radius 3 is 2.84 bits per heavy atom. The minimum Gasteiger partial charge on any atom is -0.389 e. The summed E-state index contributed by atoms with van der Waals surface area (Å²) in [5.41, 5.74) is 6.13. The molecule has 1 aliphatic rings. The maximum Gasteiger partial charge on any atom is 0.243 e. The molecule has 1 saturated heterocycles. The third kappa shape index (κ3) is 3.13. The van der Waals surface area contributed by atoms with Gasteiger partial charge in [-0.3, -0.25) is 0 Å². The lowest BCUT2D eigenvalue weighted by atomic mass is 10.0. The molecule has 1 unspecified atom stereocenters. The first-order valence-electron chi connectivity index (χ1n) is 6.31. The van der Waals surface area contributed by atoms with Gasteiger partial charge in [-0.2, -0.15) is 4.31 Å². The van der Waals surface area contributed by atoms with E-state index in [0.717, 1.165) is 12.8 Å². The number of hydrogen-bond acceptors (Lipinski definition) is 3. The van der Waals surface area contributed by atoms with Gasteiger partial charge >= 0.3 is 0 Å². The van der Waals surface area contributed by atoms with Gasteiger partial charge in [0.1, 0.15) is 4.99 Å². The summed E-state index contributed by atoms with van der Waals surface area (Å²) in [6.07, 6.45) is 1.99. The highest BCUT2D eigenvalue weighted by Crippen LogP contribution is 2.23. The molecule has 1 aromatic rings. The average Bonchev–Trinajstić information content (AvgIpc) is 2.39. The molecular formula is C13H18N2O2S2. The smallest absolute Gasteiger partial charge is 0.243 e. The maximum absolute atomic E-state index is 12.5. The highest BCUT2D eigenvalue weighted by molar-refractivity contribution is 7.89. The molecule has 0 radical (unpaired) electrons. The summed E-state index contributed by atoms with van der Waals surface area (Å²) in [5, 5.41) is 0. The number of hydrogen-bond donors (Lipinski definition) is 1. The third-order valence-electron chi connectivity index (χ3n) is 3.38. The first kappa shape index (κ1) is 14.4. The lowest BCUT2D eigenvalue weighted by Gasteiger charge is -2.30. The van der Waals surface area contributed by atoms with Crippen LogP contribution in [-0.2, 0) is 10.0 Å². The summed E-state index contributed by atoms with van der Waals surface area (Å²) >= 11 is 4.89. The number of sulfonamides is 1. The minimum atomic E-state index is -3.43. The van der Waals surface area contributed by atoms with Gasteiger partial charge in [0.15, 0.2) is 0 Å². The van der Waals surface area contributed by atoms with Crippen molar-refractivity contribution in [2.45, 2.75) is 24.7 Å². The predicted octanol–water partition coefficient (Wildman–Crippen LogP) is 1.74. The van der Waals surface area contributed by atoms with Gasteiger partial charge in [-0.25, -0.2) is 8.42 Å². The van der Waals surface area contributed by atoms with Crippen molar-refractivity contribution >= 4 is 27.2 Å². The minimum absolute atomic E-state index is 0.212. The quantitative estimate of drug-likeness (QED) is 0.863. The van der Waals surface area contributed by atoms with Crippen LogP contribution in [0.15, 0.2) is 29.2 Å². The largest absolute Gasteiger partial charge is 0.389 e. The highest BCUT2D eigenvalue weighted by atomic mass is 32.2. The SMILES string of the molecule is CC1CCCN(S(=O)(=O)c2cccc(C(N)=S)c2)C1. The summed E-state index contributed by atoms with van der Waals surface area (Å²) in [6.45, 7) is 3.25. The van der Waals surface area contributed by atoms with Gasteiger partial charge in [-0.15, -0.1) is 0 Å². The number of thiocarbonyl (C=S) groups is 1. The number of piperidine rings is 1. The van der Waals surface area contributed by atoms with Crippen molar-refractivity contribution in [3.63, 3.8) is 0 Å². The van der Waals surface area contributed by atoms with E-state index in [0.29, 0.717) is 24.6 Å². The molecule has 19 heavy (non-hydrogen) atoms. The number of nitrogens with two attached hydrogens (primary N) is 1. The van der Waals surface area contributed by atoms with E-state index in [4.69, 9.17) is 18.0 Å². The van der Waals surface area contributed by atoms with Crippen LogP contribution in [0.1, 0.15) is 25.3 Å². The summed E-state index contributed by atoms with van der Waals surface area (Å²) in [4.78, 5) is 0.482. The van der Waals surface area contributed by atoms with Gasteiger partial charge in [-0.05, 0) is 30.9 Å². The molecule has 1 atom stereocenters. The fraction of sp³-hybridized carbons (Fsp3) is 0.462. The van der Waals surface area contributed by atoms with E-state index < -0.39 is 10.0 Å². The molecular weight excluding hydrogens is 280 g/mol. The Balaban J connectivity index is 2.33. The molecule has 4 nitrogen and oxygen atoms in total. The predicted molar refractivity (Wildman–Crippen MR) is 79.5 cm³/mol. The van der Waals surface area contributed by atoms with E-state index in [2.05, 4.69) is 6.92 Å². The van der Waals surface area contributed by atoms with Gasteiger partial charge in [0.25, 0.3) is 0 Å². The van der Waals surface area contributed by atoms with Crippen LogP contribution in [0.5, 0.6) is 0 Å². The molecule has 0 bridgehead atoms. The van der Waals surface area contributed by atoms with E-state index >= 15 is 0 Å². The molecule has 0 aromatic heterocycles. The van der Waals surface area contributed by atoms with E-state index in [9.17, 15) is 8.42 Å². The van der Waals surface area contributed by atoms with Crippen molar-refractivity contribution in [2.24, 2.45) is 11.7 Å². The normalized spacial score (nSPS) is 21.2. The zero-order valence-electron chi connectivity index (χ0n) is 10.9. The second kappa shape index (κ2) is 5.56. The lowest BCUT2D eigenvalue weighted by Crippen LogP contribution is -2.39. The fourth-order valence-electron chi connectivity index (χ4n) is 2.32. The summed E-state index contributed by atoms with van der Waals surface area (Å²) in [5.74, 6) is 0.405. The van der Waals surface area contributed by atoms with Crippen LogP contribution in [0.4, 0.5) is 0 Å². The molecule has 6 heteroatoms. The Labute approximate surface area is 119 Å². The van der Waals surface area contributed by atoms with Crippen LogP contribution in [-0.4, -0.2) is 30.8 Å². The fourth-order valence-corrected chi connectivity index (χ4v) is 4.10. The molecule has 1 heterocycles. The van der Waals surface area contributed by atoms with Crippen molar-refractivity contribution in [3.05, 3.63) is 29.8 Å². The Morgan fingerprint density at radius 2 is 2.21 bits per heavy atom. The number of benzene rings is 1. The number of rotatable bonds is 3. The second-order valence-electron chi connectivity index (χ2n) is 5.00. The second-order valence-corrected chi connectivity index (χ2v) is 7.38. The Bertz CT molecular complexity index is 584. The van der Waals surface area contributed by atoms with Crippen molar-refractivity contribution in [1.29, 1.82) is 0 Å². The van der Waals surface area contributed by atoms with E-state index in [1.54, 1.807) is 28.6 Å². The first-order chi connectivity index (χ1) is 8.91. The van der Waals surface area contributed by atoms with Gasteiger partial charge in [0, 0.05) is 18.7 Å². The molecule has 0 saturated carbocycles. The third-order valence-corrected chi connectivity index (χ3v) is 5.47. The zero-order valence-corrected chi connectivity index (χ0v) is 12.5. The zero-order chi connectivity index (χ0) is 14.0. The summed E-state index contributed by atoms with van der Waals surface area (Å²) < 4.78 is 26.7. The van der Waals surface area contributed by atoms with Crippen LogP contribution in [0.25, 0.3) is 0 Å². The van der Waals surface area contributed by atoms with Crippen LogP contribution in [0, 0.1) is 5.92 Å². The van der Waals surface area contributed by atoms with Gasteiger partial charge in [-0.1, -0.05) is 31.3 Å². The Hall–Kier alpha value is -0.980. The lowest BCUT2D eigenvalue weighted by molar-refractivity contribution is 0.281. The standard InChI is InChI=1S/C13H18N2O2S2/c1-10-4-3-7-15(9-10)19(16,17)12-6-2-5-11(8-12)13(14)18/h2,5-6,8,10H,3-4,7,9H2,1H3,(H2,14,18). The van der Waals surface area contributed by atoms with E-state index in [1.807, 2.05) is 0 Å². The van der Waals surface area contributed by atoms with Gasteiger partial charge in [0.05, 0.1) is 4.90 Å². The summed E-state index contributed by atoms with van der Waals surface area (Å²) in [7, 11) is -3.43. The molecule has 1 aromatic carbocycles. The molecule has 0 aliphatic carbocycles. The molecule has 0 amide bonds. The maximum atomic E-state index is 12.5. The van der Waals surface area contributed by atoms with Gasteiger partial charge in [0.2, 0.25) is 10.0 Å². The van der Waals surface area contributed by atoms with Crippen LogP contribution in [0.3, 0.4) is 0 Å². The first-order valence-corrected chi connectivity index (χ1v) is 8.16. The molecule has 0 spiro atoms. The van der Waals surface area contributed by atoms with Gasteiger partial charge < -0.3 is 5.73 Å². The van der Waals surface area contributed by atoms with Crippen molar-refractivity contribution in [2.75, 3.05) is 13.1 Å². The number of nitrogens with zero attached hydrogens (tertiary/aromatic N) is 1. The van der Waals surface area contributed by atoms with Crippen molar-refractivity contribution in [1.82, 2.24) is 4.31 Å². The average molecular weight is 298 g/mol. The molecule has 2 rings (SSSR count). The van der Waals surface area contributed by atoms with Crippen LogP contribution < -0.4 is 5.73 Å². The Morgan fingerprint density at radius 1 is 1.47 bits per heavy atom. The van der Waals surface area contributed by atoms with E-state index in [-0.39, 0.29) is 9.88 Å². The molecule has 1 aliphatic heterocycles. The topological polar surface area (TPSA) is 63.4 Å². The van der Waals surface area contributed by atoms with Crippen LogP contribution >= 0.6 is 12.2 Å².